The van der Waals surface area contributed by atoms with Gasteiger partial charge in [-0.15, -0.1) is 0 Å². The molecule has 1 aliphatic rings. The minimum Gasteiger partial charge on any atom is -0.497 e. The molecule has 0 radical (unpaired) electrons. The Labute approximate surface area is 77.3 Å². The van der Waals surface area contributed by atoms with E-state index >= 15 is 0 Å². The van der Waals surface area contributed by atoms with Gasteiger partial charge in [0.15, 0.2) is 0 Å². The van der Waals surface area contributed by atoms with Crippen LogP contribution in [0.5, 0.6) is 5.75 Å². The first kappa shape index (κ1) is 8.38. The summed E-state index contributed by atoms with van der Waals surface area (Å²) in [6.45, 7) is 0.178. The van der Waals surface area contributed by atoms with Crippen molar-refractivity contribution in [2.75, 3.05) is 19.0 Å². The molecule has 0 unspecified atom stereocenters. The number of nitrogens with one attached hydrogen (secondary N) is 1. The highest BCUT2D eigenvalue weighted by molar-refractivity contribution is 5.59. The maximum absolute atomic E-state index is 8.97. The van der Waals surface area contributed by atoms with Crippen LogP contribution in [0.4, 0.5) is 5.69 Å². The van der Waals surface area contributed by atoms with E-state index in [0.29, 0.717) is 0 Å². The lowest BCUT2D eigenvalue weighted by atomic mass is 10.1. The van der Waals surface area contributed by atoms with Crippen LogP contribution >= 0.6 is 0 Å². The summed E-state index contributed by atoms with van der Waals surface area (Å²) in [6, 6.07) is 6.09. The molecule has 1 aromatic carbocycles. The van der Waals surface area contributed by atoms with Crippen LogP contribution in [-0.4, -0.2) is 24.9 Å². The normalized spacial score (nSPS) is 19.4. The number of aliphatic hydroxyl groups is 1. The average molecular weight is 179 g/mol. The second-order valence-corrected chi connectivity index (χ2v) is 3.25. The summed E-state index contributed by atoms with van der Waals surface area (Å²) < 4.78 is 5.12. The predicted molar refractivity (Wildman–Crippen MR) is 51.2 cm³/mol. The molecular weight excluding hydrogens is 166 g/mol. The number of fused-ring (bicyclic) bond motifs is 1. The SMILES string of the molecule is COc1ccc2c(c1)C[C@@H](CO)N2. The molecule has 0 saturated heterocycles. The molecule has 1 aliphatic heterocycles. The van der Waals surface area contributed by atoms with Crippen LogP contribution in [-0.2, 0) is 6.42 Å². The molecule has 0 bridgehead atoms. The van der Waals surface area contributed by atoms with Crippen LogP contribution in [0.3, 0.4) is 0 Å². The number of ether oxygens (including phenoxy) is 1. The van der Waals surface area contributed by atoms with Crippen LogP contribution < -0.4 is 10.1 Å². The number of anilines is 1. The van der Waals surface area contributed by atoms with Crippen LogP contribution in [0.1, 0.15) is 5.56 Å². The quantitative estimate of drug-likeness (QED) is 0.712. The summed E-state index contributed by atoms with van der Waals surface area (Å²) in [7, 11) is 1.66. The highest BCUT2D eigenvalue weighted by atomic mass is 16.5. The largest absolute Gasteiger partial charge is 0.497 e. The molecule has 1 atom stereocenters. The van der Waals surface area contributed by atoms with Crippen molar-refractivity contribution >= 4 is 5.69 Å². The molecule has 0 aliphatic carbocycles. The summed E-state index contributed by atoms with van der Waals surface area (Å²) >= 11 is 0. The van der Waals surface area contributed by atoms with E-state index in [-0.39, 0.29) is 12.6 Å². The van der Waals surface area contributed by atoms with Crippen molar-refractivity contribution in [1.29, 1.82) is 0 Å². The van der Waals surface area contributed by atoms with Gasteiger partial charge < -0.3 is 15.2 Å². The van der Waals surface area contributed by atoms with Gasteiger partial charge in [0, 0.05) is 5.69 Å². The van der Waals surface area contributed by atoms with Crippen LogP contribution in [0, 0.1) is 0 Å². The molecule has 1 heterocycles. The van der Waals surface area contributed by atoms with Crippen molar-refractivity contribution < 1.29 is 9.84 Å². The zero-order valence-corrected chi connectivity index (χ0v) is 7.58. The summed E-state index contributed by atoms with van der Waals surface area (Å²) in [5, 5.41) is 12.2. The first-order chi connectivity index (χ1) is 6.33. The van der Waals surface area contributed by atoms with Gasteiger partial charge >= 0.3 is 0 Å². The first-order valence-corrected chi connectivity index (χ1v) is 4.38. The van der Waals surface area contributed by atoms with E-state index in [2.05, 4.69) is 5.32 Å². The van der Waals surface area contributed by atoms with Gasteiger partial charge in [-0.1, -0.05) is 0 Å². The zero-order chi connectivity index (χ0) is 9.26. The third-order valence-corrected chi connectivity index (χ3v) is 2.36. The van der Waals surface area contributed by atoms with Crippen LogP contribution in [0.25, 0.3) is 0 Å². The molecule has 0 amide bonds. The third kappa shape index (κ3) is 1.47. The summed E-state index contributed by atoms with van der Waals surface area (Å²) in [5.41, 5.74) is 2.33. The molecule has 2 rings (SSSR count). The zero-order valence-electron chi connectivity index (χ0n) is 7.58. The summed E-state index contributed by atoms with van der Waals surface area (Å²) in [6.07, 6.45) is 0.878. The Hall–Kier alpha value is -1.22. The van der Waals surface area contributed by atoms with Crippen molar-refractivity contribution in [1.82, 2.24) is 0 Å². The van der Waals surface area contributed by atoms with Crippen LogP contribution in [0.2, 0.25) is 0 Å². The fourth-order valence-electron chi connectivity index (χ4n) is 1.65. The first-order valence-electron chi connectivity index (χ1n) is 4.38. The molecule has 2 N–H and O–H groups in total. The predicted octanol–water partition coefficient (Wildman–Crippen LogP) is 1.02. The van der Waals surface area contributed by atoms with E-state index in [1.807, 2.05) is 18.2 Å². The number of aliphatic hydroxyl groups excluding tert-OH is 1. The monoisotopic (exact) mass is 179 g/mol. The lowest BCUT2D eigenvalue weighted by Gasteiger charge is -2.05. The lowest BCUT2D eigenvalue weighted by molar-refractivity contribution is 0.277. The Morgan fingerprint density at radius 2 is 2.46 bits per heavy atom. The number of methoxy groups -OCH3 is 1. The Bertz CT molecular complexity index is 312. The highest BCUT2D eigenvalue weighted by Gasteiger charge is 2.19. The van der Waals surface area contributed by atoms with Crippen LogP contribution in [0.15, 0.2) is 18.2 Å². The molecule has 3 nitrogen and oxygen atoms in total. The van der Waals surface area contributed by atoms with E-state index in [4.69, 9.17) is 9.84 Å². The van der Waals surface area contributed by atoms with Crippen molar-refractivity contribution in [2.24, 2.45) is 0 Å². The molecule has 3 heteroatoms. The third-order valence-electron chi connectivity index (χ3n) is 2.36. The van der Waals surface area contributed by atoms with Gasteiger partial charge in [0.1, 0.15) is 5.75 Å². The Balaban J connectivity index is 2.25. The minimum atomic E-state index is 0.169. The number of benzene rings is 1. The van der Waals surface area contributed by atoms with Crippen molar-refractivity contribution in [3.8, 4) is 5.75 Å². The maximum atomic E-state index is 8.97. The van der Waals surface area contributed by atoms with Gasteiger partial charge in [-0.3, -0.25) is 0 Å². The Morgan fingerprint density at radius 3 is 3.15 bits per heavy atom. The van der Waals surface area contributed by atoms with E-state index in [1.54, 1.807) is 7.11 Å². The molecule has 0 aromatic heterocycles. The van der Waals surface area contributed by atoms with Crippen molar-refractivity contribution in [3.05, 3.63) is 23.8 Å². The minimum absolute atomic E-state index is 0.169. The molecule has 13 heavy (non-hydrogen) atoms. The second kappa shape index (κ2) is 3.26. The summed E-state index contributed by atoms with van der Waals surface area (Å²) in [4.78, 5) is 0. The fourth-order valence-corrected chi connectivity index (χ4v) is 1.65. The molecule has 0 saturated carbocycles. The number of hydrogen-bond acceptors (Lipinski definition) is 3. The van der Waals surface area contributed by atoms with Gasteiger partial charge in [0.05, 0.1) is 19.8 Å². The van der Waals surface area contributed by atoms with Gasteiger partial charge in [-0.25, -0.2) is 0 Å². The van der Waals surface area contributed by atoms with Gasteiger partial charge in [-0.05, 0) is 30.2 Å². The fraction of sp³-hybridized carbons (Fsp3) is 0.400. The molecule has 0 fully saturated rings. The average Bonchev–Trinajstić information content (AvgIpc) is 2.58. The van der Waals surface area contributed by atoms with Gasteiger partial charge in [0.2, 0.25) is 0 Å². The van der Waals surface area contributed by atoms with Gasteiger partial charge in [-0.2, -0.15) is 0 Å². The van der Waals surface area contributed by atoms with E-state index < -0.39 is 0 Å². The number of rotatable bonds is 2. The Kier molecular flexibility index (Phi) is 2.10. The molecule has 70 valence electrons. The Morgan fingerprint density at radius 1 is 1.62 bits per heavy atom. The maximum Gasteiger partial charge on any atom is 0.119 e. The lowest BCUT2D eigenvalue weighted by Crippen LogP contribution is -2.19. The van der Waals surface area contributed by atoms with E-state index in [1.165, 1.54) is 5.56 Å². The molecular formula is C10H13NO2. The molecule has 0 spiro atoms. The standard InChI is InChI=1S/C10H13NO2/c1-13-9-2-3-10-7(5-9)4-8(6-12)11-10/h2-3,5,8,11-12H,4,6H2,1H3/t8-/m0/s1. The topological polar surface area (TPSA) is 41.5 Å². The smallest absolute Gasteiger partial charge is 0.119 e. The second-order valence-electron chi connectivity index (χ2n) is 3.25. The number of hydrogen-bond donors (Lipinski definition) is 2. The van der Waals surface area contributed by atoms with Gasteiger partial charge in [0.25, 0.3) is 0 Å². The van der Waals surface area contributed by atoms with E-state index in [9.17, 15) is 0 Å². The summed E-state index contributed by atoms with van der Waals surface area (Å²) in [5.74, 6) is 0.874. The highest BCUT2D eigenvalue weighted by Crippen LogP contribution is 2.28. The van der Waals surface area contributed by atoms with Crippen molar-refractivity contribution in [2.45, 2.75) is 12.5 Å². The van der Waals surface area contributed by atoms with Crippen molar-refractivity contribution in [3.63, 3.8) is 0 Å². The van der Waals surface area contributed by atoms with E-state index in [0.717, 1.165) is 17.9 Å². The molecule has 1 aromatic rings.